The lowest BCUT2D eigenvalue weighted by atomic mass is 10.1. The number of hydrogen-bond donors (Lipinski definition) is 1. The van der Waals surface area contributed by atoms with Crippen LogP contribution in [0.2, 0.25) is 0 Å². The second-order valence-corrected chi connectivity index (χ2v) is 4.73. The van der Waals surface area contributed by atoms with E-state index in [1.165, 1.54) is 0 Å². The fourth-order valence-corrected chi connectivity index (χ4v) is 1.85. The van der Waals surface area contributed by atoms with E-state index in [1.54, 1.807) is 12.4 Å². The molecule has 0 aliphatic heterocycles. The molecule has 0 radical (unpaired) electrons. The van der Waals surface area contributed by atoms with Gasteiger partial charge in [-0.2, -0.15) is 0 Å². The monoisotopic (exact) mass is 264 g/mol. The van der Waals surface area contributed by atoms with Gasteiger partial charge in [-0.25, -0.2) is 9.97 Å². The van der Waals surface area contributed by atoms with Crippen molar-refractivity contribution in [3.05, 3.63) is 24.5 Å². The molecule has 96 valence electrons. The van der Waals surface area contributed by atoms with Gasteiger partial charge in [0.2, 0.25) is 0 Å². The summed E-state index contributed by atoms with van der Waals surface area (Å²) >= 11 is 5.77. The van der Waals surface area contributed by atoms with Gasteiger partial charge in [-0.3, -0.25) is 4.98 Å². The van der Waals surface area contributed by atoms with E-state index < -0.39 is 0 Å². The standard InChI is InChI=1S/C13H17ClN4/c1-10(9-14)3-2-6-16-12-5-4-11-13(18-12)17-8-7-15-11/h4-5,7-8,10H,2-3,6,9H2,1H3,(H,16,17,18). The minimum atomic E-state index is 0.573. The van der Waals surface area contributed by atoms with Crippen molar-refractivity contribution in [3.8, 4) is 0 Å². The zero-order valence-corrected chi connectivity index (χ0v) is 11.2. The normalized spacial score (nSPS) is 12.6. The molecule has 18 heavy (non-hydrogen) atoms. The van der Waals surface area contributed by atoms with Gasteiger partial charge in [-0.15, -0.1) is 11.6 Å². The molecule has 5 heteroatoms. The molecule has 0 aliphatic carbocycles. The van der Waals surface area contributed by atoms with Gasteiger partial charge in [-0.1, -0.05) is 6.92 Å². The van der Waals surface area contributed by atoms with Crippen LogP contribution in [0.5, 0.6) is 0 Å². The van der Waals surface area contributed by atoms with Crippen LogP contribution in [0, 0.1) is 5.92 Å². The van der Waals surface area contributed by atoms with Crippen LogP contribution in [0.4, 0.5) is 5.82 Å². The van der Waals surface area contributed by atoms with Crippen molar-refractivity contribution in [2.24, 2.45) is 5.92 Å². The third-order valence-corrected chi connectivity index (χ3v) is 3.30. The number of aromatic nitrogens is 3. The Labute approximate surface area is 112 Å². The molecule has 1 N–H and O–H groups in total. The Kier molecular flexibility index (Phi) is 4.70. The molecule has 0 fully saturated rings. The lowest BCUT2D eigenvalue weighted by molar-refractivity contribution is 0.572. The Morgan fingerprint density at radius 2 is 2.11 bits per heavy atom. The highest BCUT2D eigenvalue weighted by Crippen LogP contribution is 2.11. The fraction of sp³-hybridized carbons (Fsp3) is 0.462. The smallest absolute Gasteiger partial charge is 0.180 e. The summed E-state index contributed by atoms with van der Waals surface area (Å²) in [6, 6.07) is 3.86. The number of pyridine rings is 1. The first-order chi connectivity index (χ1) is 8.79. The summed E-state index contributed by atoms with van der Waals surface area (Å²) in [4.78, 5) is 12.8. The van der Waals surface area contributed by atoms with Gasteiger partial charge < -0.3 is 5.32 Å². The zero-order valence-electron chi connectivity index (χ0n) is 10.4. The van der Waals surface area contributed by atoms with Crippen LogP contribution < -0.4 is 5.32 Å². The Morgan fingerprint density at radius 3 is 2.94 bits per heavy atom. The molecule has 0 saturated heterocycles. The van der Waals surface area contributed by atoms with Crippen molar-refractivity contribution >= 4 is 28.6 Å². The minimum absolute atomic E-state index is 0.573. The van der Waals surface area contributed by atoms with E-state index in [0.717, 1.165) is 36.6 Å². The predicted octanol–water partition coefficient (Wildman–Crippen LogP) is 3.09. The molecule has 2 aromatic heterocycles. The van der Waals surface area contributed by atoms with E-state index in [1.807, 2.05) is 12.1 Å². The van der Waals surface area contributed by atoms with E-state index in [2.05, 4.69) is 27.2 Å². The molecule has 0 bridgehead atoms. The number of nitrogens with zero attached hydrogens (tertiary/aromatic N) is 3. The van der Waals surface area contributed by atoms with Gasteiger partial charge in [0.25, 0.3) is 0 Å². The van der Waals surface area contributed by atoms with E-state index in [4.69, 9.17) is 11.6 Å². The summed E-state index contributed by atoms with van der Waals surface area (Å²) in [7, 11) is 0. The number of nitrogens with one attached hydrogen (secondary N) is 1. The maximum atomic E-state index is 5.77. The molecule has 2 aromatic rings. The summed E-state index contributed by atoms with van der Waals surface area (Å²) in [6.07, 6.45) is 5.55. The fourth-order valence-electron chi connectivity index (χ4n) is 1.70. The molecule has 2 rings (SSSR count). The molecular formula is C13H17ClN4. The lowest BCUT2D eigenvalue weighted by Crippen LogP contribution is -2.06. The van der Waals surface area contributed by atoms with Crippen molar-refractivity contribution in [1.29, 1.82) is 0 Å². The quantitative estimate of drug-likeness (QED) is 0.643. The van der Waals surface area contributed by atoms with Crippen LogP contribution >= 0.6 is 11.6 Å². The van der Waals surface area contributed by atoms with Crippen LogP contribution in [0.1, 0.15) is 19.8 Å². The zero-order chi connectivity index (χ0) is 12.8. The topological polar surface area (TPSA) is 50.7 Å². The Balaban J connectivity index is 1.88. The first-order valence-corrected chi connectivity index (χ1v) is 6.70. The maximum Gasteiger partial charge on any atom is 0.180 e. The molecule has 0 aliphatic rings. The number of fused-ring (bicyclic) bond motifs is 1. The average Bonchev–Trinajstić information content (AvgIpc) is 2.43. The van der Waals surface area contributed by atoms with Gasteiger partial charge >= 0.3 is 0 Å². The number of alkyl halides is 1. The highest BCUT2D eigenvalue weighted by Gasteiger charge is 2.01. The summed E-state index contributed by atoms with van der Waals surface area (Å²) in [5.74, 6) is 2.15. The first-order valence-electron chi connectivity index (χ1n) is 6.17. The van der Waals surface area contributed by atoms with Gasteiger partial charge in [0.15, 0.2) is 5.65 Å². The van der Waals surface area contributed by atoms with Crippen LogP contribution in [0.3, 0.4) is 0 Å². The molecule has 2 heterocycles. The van der Waals surface area contributed by atoms with E-state index in [-0.39, 0.29) is 0 Å². The van der Waals surface area contributed by atoms with Crippen LogP contribution in [-0.4, -0.2) is 27.4 Å². The molecule has 0 amide bonds. The van der Waals surface area contributed by atoms with Crippen molar-refractivity contribution in [3.63, 3.8) is 0 Å². The van der Waals surface area contributed by atoms with E-state index in [0.29, 0.717) is 11.6 Å². The van der Waals surface area contributed by atoms with E-state index >= 15 is 0 Å². The largest absolute Gasteiger partial charge is 0.370 e. The Hall–Kier alpha value is -1.42. The molecule has 4 nitrogen and oxygen atoms in total. The highest BCUT2D eigenvalue weighted by molar-refractivity contribution is 6.18. The van der Waals surface area contributed by atoms with E-state index in [9.17, 15) is 0 Å². The lowest BCUT2D eigenvalue weighted by Gasteiger charge is -2.08. The molecule has 0 saturated carbocycles. The molecule has 1 atom stereocenters. The van der Waals surface area contributed by atoms with Crippen molar-refractivity contribution in [2.45, 2.75) is 19.8 Å². The maximum absolute atomic E-state index is 5.77. The summed E-state index contributed by atoms with van der Waals surface area (Å²) in [5, 5.41) is 3.29. The van der Waals surface area contributed by atoms with Crippen molar-refractivity contribution in [2.75, 3.05) is 17.7 Å². The number of hydrogen-bond acceptors (Lipinski definition) is 4. The van der Waals surface area contributed by atoms with Gasteiger partial charge in [-0.05, 0) is 30.9 Å². The number of anilines is 1. The van der Waals surface area contributed by atoms with Gasteiger partial charge in [0, 0.05) is 24.8 Å². The first kappa shape index (κ1) is 13.0. The Bertz CT molecular complexity index is 503. The number of rotatable bonds is 6. The Morgan fingerprint density at radius 1 is 1.28 bits per heavy atom. The SMILES string of the molecule is CC(CCl)CCCNc1ccc2nccnc2n1. The summed E-state index contributed by atoms with van der Waals surface area (Å²) in [5.41, 5.74) is 1.50. The van der Waals surface area contributed by atoms with Gasteiger partial charge in [0.05, 0.1) is 0 Å². The third-order valence-electron chi connectivity index (χ3n) is 2.77. The van der Waals surface area contributed by atoms with Crippen molar-refractivity contribution < 1.29 is 0 Å². The molecule has 1 unspecified atom stereocenters. The molecule has 0 spiro atoms. The van der Waals surface area contributed by atoms with Crippen molar-refractivity contribution in [1.82, 2.24) is 15.0 Å². The summed E-state index contributed by atoms with van der Waals surface area (Å²) in [6.45, 7) is 3.07. The third kappa shape index (κ3) is 3.53. The minimum Gasteiger partial charge on any atom is -0.370 e. The van der Waals surface area contributed by atoms with Crippen LogP contribution in [-0.2, 0) is 0 Å². The molecular weight excluding hydrogens is 248 g/mol. The second-order valence-electron chi connectivity index (χ2n) is 4.42. The number of halogens is 1. The van der Waals surface area contributed by atoms with Gasteiger partial charge in [0.1, 0.15) is 11.3 Å². The van der Waals surface area contributed by atoms with Crippen LogP contribution in [0.25, 0.3) is 11.2 Å². The molecule has 0 aromatic carbocycles. The average molecular weight is 265 g/mol. The second kappa shape index (κ2) is 6.50. The summed E-state index contributed by atoms with van der Waals surface area (Å²) < 4.78 is 0. The predicted molar refractivity (Wildman–Crippen MR) is 74.9 cm³/mol. The highest BCUT2D eigenvalue weighted by atomic mass is 35.5. The van der Waals surface area contributed by atoms with Crippen LogP contribution in [0.15, 0.2) is 24.5 Å².